The standard InChI is InChI=1S/C19H15N3O3/c1-24-19-21-16(13-9-5-6-10-20-13)15-17(22-19)14(25-18(15)23)11-12-7-3-2-4-8-12/h2-10,14H,11H2,1H3. The Morgan fingerprint density at radius 2 is 1.88 bits per heavy atom. The molecule has 0 saturated carbocycles. The summed E-state index contributed by atoms with van der Waals surface area (Å²) in [5.74, 6) is -0.431. The highest BCUT2D eigenvalue weighted by Gasteiger charge is 2.37. The van der Waals surface area contributed by atoms with Crippen molar-refractivity contribution in [2.75, 3.05) is 7.11 Å². The molecule has 0 radical (unpaired) electrons. The molecule has 2 aromatic heterocycles. The van der Waals surface area contributed by atoms with Gasteiger partial charge in [-0.05, 0) is 17.7 Å². The van der Waals surface area contributed by atoms with Crippen molar-refractivity contribution in [2.45, 2.75) is 12.5 Å². The highest BCUT2D eigenvalue weighted by atomic mass is 16.5. The van der Waals surface area contributed by atoms with Gasteiger partial charge >= 0.3 is 12.0 Å². The number of nitrogens with zero attached hydrogens (tertiary/aromatic N) is 3. The van der Waals surface area contributed by atoms with Crippen LogP contribution in [0.1, 0.15) is 27.7 Å². The maximum atomic E-state index is 12.5. The highest BCUT2D eigenvalue weighted by Crippen LogP contribution is 2.37. The lowest BCUT2D eigenvalue weighted by Gasteiger charge is -2.11. The molecule has 1 aliphatic heterocycles. The summed E-state index contributed by atoms with van der Waals surface area (Å²) < 4.78 is 10.8. The first-order valence-electron chi connectivity index (χ1n) is 7.88. The molecule has 25 heavy (non-hydrogen) atoms. The van der Waals surface area contributed by atoms with Gasteiger partial charge in [0.05, 0.1) is 12.8 Å². The van der Waals surface area contributed by atoms with E-state index in [2.05, 4.69) is 15.0 Å². The number of aromatic nitrogens is 3. The highest BCUT2D eigenvalue weighted by molar-refractivity contribution is 5.99. The molecule has 0 N–H and O–H groups in total. The fraction of sp³-hybridized carbons (Fsp3) is 0.158. The minimum absolute atomic E-state index is 0.191. The molecule has 0 fully saturated rings. The fourth-order valence-corrected chi connectivity index (χ4v) is 2.88. The van der Waals surface area contributed by atoms with Crippen molar-refractivity contribution in [2.24, 2.45) is 0 Å². The van der Waals surface area contributed by atoms with Crippen LogP contribution in [0.25, 0.3) is 11.4 Å². The minimum Gasteiger partial charge on any atom is -0.467 e. The number of carbonyl (C=O) groups is 1. The van der Waals surface area contributed by atoms with Gasteiger partial charge in [-0.15, -0.1) is 0 Å². The SMILES string of the molecule is COc1nc(-c2ccccn2)c2c(n1)C(Cc1ccccc1)OC2=O. The Kier molecular flexibility index (Phi) is 3.85. The monoisotopic (exact) mass is 333 g/mol. The number of hydrogen-bond acceptors (Lipinski definition) is 6. The number of hydrogen-bond donors (Lipinski definition) is 0. The van der Waals surface area contributed by atoms with Crippen LogP contribution in [0.5, 0.6) is 6.01 Å². The zero-order valence-electron chi connectivity index (χ0n) is 13.5. The van der Waals surface area contributed by atoms with E-state index in [1.165, 1.54) is 7.11 Å². The molecule has 0 bridgehead atoms. The van der Waals surface area contributed by atoms with E-state index in [4.69, 9.17) is 9.47 Å². The van der Waals surface area contributed by atoms with E-state index in [9.17, 15) is 4.79 Å². The number of fused-ring (bicyclic) bond motifs is 1. The van der Waals surface area contributed by atoms with Crippen molar-refractivity contribution >= 4 is 5.97 Å². The van der Waals surface area contributed by atoms with E-state index < -0.39 is 12.1 Å². The second-order valence-electron chi connectivity index (χ2n) is 5.62. The summed E-state index contributed by atoms with van der Waals surface area (Å²) in [5, 5.41) is 0. The molecular weight excluding hydrogens is 318 g/mol. The number of carbonyl (C=O) groups excluding carboxylic acids is 1. The number of esters is 1. The Labute approximate surface area is 144 Å². The van der Waals surface area contributed by atoms with Gasteiger partial charge in [-0.2, -0.15) is 9.97 Å². The summed E-state index contributed by atoms with van der Waals surface area (Å²) in [7, 11) is 1.49. The second kappa shape index (κ2) is 6.32. The van der Waals surface area contributed by atoms with Crippen LogP contribution in [0.3, 0.4) is 0 Å². The van der Waals surface area contributed by atoms with Crippen LogP contribution in [0.15, 0.2) is 54.7 Å². The quantitative estimate of drug-likeness (QED) is 0.683. The van der Waals surface area contributed by atoms with Crippen LogP contribution in [0.4, 0.5) is 0 Å². The largest absolute Gasteiger partial charge is 0.467 e. The van der Waals surface area contributed by atoms with Crippen molar-refractivity contribution in [3.05, 3.63) is 71.5 Å². The third kappa shape index (κ3) is 2.82. The number of cyclic esters (lactones) is 1. The first-order valence-corrected chi connectivity index (χ1v) is 7.88. The van der Waals surface area contributed by atoms with E-state index in [0.717, 1.165) is 5.56 Å². The lowest BCUT2D eigenvalue weighted by atomic mass is 10.0. The Bertz CT molecular complexity index is 914. The van der Waals surface area contributed by atoms with Crippen molar-refractivity contribution < 1.29 is 14.3 Å². The van der Waals surface area contributed by atoms with Gasteiger partial charge in [0, 0.05) is 12.6 Å². The molecule has 4 rings (SSSR count). The predicted octanol–water partition coefficient (Wildman–Crippen LogP) is 3.00. The Hall–Kier alpha value is -3.28. The Morgan fingerprint density at radius 3 is 2.60 bits per heavy atom. The number of benzene rings is 1. The van der Waals surface area contributed by atoms with Crippen molar-refractivity contribution in [1.82, 2.24) is 15.0 Å². The molecule has 0 saturated heterocycles. The van der Waals surface area contributed by atoms with Crippen LogP contribution in [-0.4, -0.2) is 28.0 Å². The zero-order chi connectivity index (χ0) is 17.2. The normalized spacial score (nSPS) is 15.6. The van der Waals surface area contributed by atoms with Crippen molar-refractivity contribution in [3.8, 4) is 17.4 Å². The van der Waals surface area contributed by atoms with Gasteiger partial charge in [0.25, 0.3) is 0 Å². The number of methoxy groups -OCH3 is 1. The molecule has 1 aromatic carbocycles. The molecule has 6 nitrogen and oxygen atoms in total. The number of ether oxygens (including phenoxy) is 2. The molecular formula is C19H15N3O3. The van der Waals surface area contributed by atoms with Gasteiger partial charge in [-0.1, -0.05) is 36.4 Å². The molecule has 0 aliphatic carbocycles. The van der Waals surface area contributed by atoms with Crippen LogP contribution >= 0.6 is 0 Å². The lowest BCUT2D eigenvalue weighted by Crippen LogP contribution is -2.06. The Morgan fingerprint density at radius 1 is 1.08 bits per heavy atom. The van der Waals surface area contributed by atoms with E-state index in [-0.39, 0.29) is 6.01 Å². The fourth-order valence-electron chi connectivity index (χ4n) is 2.88. The maximum absolute atomic E-state index is 12.5. The van der Waals surface area contributed by atoms with Crippen LogP contribution in [0, 0.1) is 0 Å². The van der Waals surface area contributed by atoms with Crippen molar-refractivity contribution in [3.63, 3.8) is 0 Å². The summed E-state index contributed by atoms with van der Waals surface area (Å²) in [4.78, 5) is 25.5. The lowest BCUT2D eigenvalue weighted by molar-refractivity contribution is 0.0382. The van der Waals surface area contributed by atoms with E-state index in [1.54, 1.807) is 18.3 Å². The van der Waals surface area contributed by atoms with E-state index in [1.807, 2.05) is 36.4 Å². The van der Waals surface area contributed by atoms with Gasteiger partial charge in [0.15, 0.2) is 0 Å². The van der Waals surface area contributed by atoms with Crippen LogP contribution in [-0.2, 0) is 11.2 Å². The first-order chi connectivity index (χ1) is 12.3. The summed E-state index contributed by atoms with van der Waals surface area (Å²) >= 11 is 0. The van der Waals surface area contributed by atoms with Gasteiger partial charge in [-0.3, -0.25) is 4.98 Å². The number of rotatable bonds is 4. The smallest absolute Gasteiger partial charge is 0.343 e. The molecule has 6 heteroatoms. The average Bonchev–Trinajstić information content (AvgIpc) is 2.98. The second-order valence-corrected chi connectivity index (χ2v) is 5.62. The molecule has 0 spiro atoms. The van der Waals surface area contributed by atoms with Gasteiger partial charge < -0.3 is 9.47 Å². The Balaban J connectivity index is 1.81. The van der Waals surface area contributed by atoms with E-state index in [0.29, 0.717) is 29.1 Å². The van der Waals surface area contributed by atoms with Gasteiger partial charge in [0.1, 0.15) is 23.1 Å². The molecule has 124 valence electrons. The molecule has 1 atom stereocenters. The van der Waals surface area contributed by atoms with Gasteiger partial charge in [0.2, 0.25) is 0 Å². The molecule has 0 amide bonds. The third-order valence-corrected chi connectivity index (χ3v) is 4.03. The molecule has 3 heterocycles. The minimum atomic E-state index is -0.468. The first kappa shape index (κ1) is 15.3. The number of pyridine rings is 1. The molecule has 3 aromatic rings. The average molecular weight is 333 g/mol. The van der Waals surface area contributed by atoms with Gasteiger partial charge in [-0.25, -0.2) is 4.79 Å². The topological polar surface area (TPSA) is 74.2 Å². The maximum Gasteiger partial charge on any atom is 0.343 e. The molecule has 1 unspecified atom stereocenters. The summed E-state index contributed by atoms with van der Waals surface area (Å²) in [6.45, 7) is 0. The van der Waals surface area contributed by atoms with Crippen LogP contribution < -0.4 is 4.74 Å². The zero-order valence-corrected chi connectivity index (χ0v) is 13.5. The van der Waals surface area contributed by atoms with E-state index >= 15 is 0 Å². The summed E-state index contributed by atoms with van der Waals surface area (Å²) in [5.41, 5.74) is 2.98. The summed E-state index contributed by atoms with van der Waals surface area (Å²) in [6.07, 6.45) is 1.73. The third-order valence-electron chi connectivity index (χ3n) is 4.03. The molecule has 1 aliphatic rings. The predicted molar refractivity (Wildman–Crippen MR) is 90.1 cm³/mol. The van der Waals surface area contributed by atoms with Crippen LogP contribution in [0.2, 0.25) is 0 Å². The van der Waals surface area contributed by atoms with Crippen molar-refractivity contribution in [1.29, 1.82) is 0 Å². The summed E-state index contributed by atoms with van der Waals surface area (Å²) in [6, 6.07) is 15.5.